The van der Waals surface area contributed by atoms with Crippen molar-refractivity contribution in [1.82, 2.24) is 15.1 Å². The minimum Gasteiger partial charge on any atom is -0.314 e. The van der Waals surface area contributed by atoms with Crippen molar-refractivity contribution < 1.29 is 0 Å². The van der Waals surface area contributed by atoms with Crippen LogP contribution in [0.4, 0.5) is 0 Å². The van der Waals surface area contributed by atoms with E-state index in [0.29, 0.717) is 6.04 Å². The molecule has 1 aliphatic rings. The Hall–Kier alpha value is -1.16. The third-order valence-electron chi connectivity index (χ3n) is 2.87. The van der Waals surface area contributed by atoms with Crippen LogP contribution < -0.4 is 10.9 Å². The van der Waals surface area contributed by atoms with Gasteiger partial charge in [0, 0.05) is 24.8 Å². The van der Waals surface area contributed by atoms with Crippen molar-refractivity contribution in [3.05, 3.63) is 28.7 Å². The Morgan fingerprint density at radius 1 is 1.60 bits per heavy atom. The molecule has 0 saturated carbocycles. The quantitative estimate of drug-likeness (QED) is 0.793. The van der Waals surface area contributed by atoms with Crippen LogP contribution in [-0.2, 0) is 6.54 Å². The number of aryl methyl sites for hydroxylation is 1. The molecule has 1 fully saturated rings. The fourth-order valence-corrected chi connectivity index (χ4v) is 2.05. The van der Waals surface area contributed by atoms with Gasteiger partial charge in [0.25, 0.3) is 5.56 Å². The van der Waals surface area contributed by atoms with Gasteiger partial charge in [0.1, 0.15) is 0 Å². The van der Waals surface area contributed by atoms with Crippen molar-refractivity contribution >= 4 is 0 Å². The predicted octanol–water partition coefficient (Wildman–Crippen LogP) is 0.775. The third kappa shape index (κ3) is 2.89. The summed E-state index contributed by atoms with van der Waals surface area (Å²) in [7, 11) is 0. The lowest BCUT2D eigenvalue weighted by atomic mass is 10.1. The minimum atomic E-state index is -0.00289. The van der Waals surface area contributed by atoms with E-state index in [1.807, 2.05) is 0 Å². The number of aromatic nitrogens is 2. The molecule has 2 heterocycles. The first-order valence-electron chi connectivity index (χ1n) is 5.62. The van der Waals surface area contributed by atoms with Crippen molar-refractivity contribution in [2.75, 3.05) is 6.54 Å². The van der Waals surface area contributed by atoms with Crippen LogP contribution in [0.3, 0.4) is 0 Å². The lowest BCUT2D eigenvalue weighted by molar-refractivity contribution is 0.472. The zero-order valence-corrected chi connectivity index (χ0v) is 8.85. The molecule has 4 nitrogen and oxygen atoms in total. The van der Waals surface area contributed by atoms with E-state index in [9.17, 15) is 4.79 Å². The molecule has 82 valence electrons. The van der Waals surface area contributed by atoms with Crippen LogP contribution in [0.1, 0.15) is 25.7 Å². The van der Waals surface area contributed by atoms with Crippen molar-refractivity contribution in [2.24, 2.45) is 0 Å². The number of rotatable bonds is 4. The highest BCUT2D eigenvalue weighted by atomic mass is 16.1. The average molecular weight is 207 g/mol. The van der Waals surface area contributed by atoms with Crippen molar-refractivity contribution in [3.63, 3.8) is 0 Å². The van der Waals surface area contributed by atoms with Gasteiger partial charge in [0.15, 0.2) is 0 Å². The summed E-state index contributed by atoms with van der Waals surface area (Å²) in [6, 6.07) is 3.89. The van der Waals surface area contributed by atoms with Gasteiger partial charge in [-0.2, -0.15) is 5.10 Å². The van der Waals surface area contributed by atoms with Crippen LogP contribution in [0.5, 0.6) is 0 Å². The summed E-state index contributed by atoms with van der Waals surface area (Å²) in [6.07, 6.45) is 6.39. The summed E-state index contributed by atoms with van der Waals surface area (Å²) in [5, 5.41) is 7.48. The Morgan fingerprint density at radius 3 is 3.27 bits per heavy atom. The number of hydrogen-bond acceptors (Lipinski definition) is 3. The van der Waals surface area contributed by atoms with Crippen LogP contribution in [0.2, 0.25) is 0 Å². The summed E-state index contributed by atoms with van der Waals surface area (Å²) in [6.45, 7) is 1.88. The largest absolute Gasteiger partial charge is 0.314 e. The van der Waals surface area contributed by atoms with Gasteiger partial charge in [-0.15, -0.1) is 0 Å². The standard InChI is InChI=1S/C11H17N3O/c15-11-6-2-8-13-14(11)9-3-5-10-4-1-7-12-10/h2,6,8,10,12H,1,3-5,7,9H2. The highest BCUT2D eigenvalue weighted by molar-refractivity contribution is 4.84. The molecular weight excluding hydrogens is 190 g/mol. The van der Waals surface area contributed by atoms with Crippen LogP contribution in [0.15, 0.2) is 23.1 Å². The molecule has 0 spiro atoms. The number of nitrogens with zero attached hydrogens (tertiary/aromatic N) is 2. The second-order valence-electron chi connectivity index (χ2n) is 4.02. The topological polar surface area (TPSA) is 46.9 Å². The smallest absolute Gasteiger partial charge is 0.266 e. The van der Waals surface area contributed by atoms with Gasteiger partial charge in [0.2, 0.25) is 0 Å². The Labute approximate surface area is 89.3 Å². The van der Waals surface area contributed by atoms with E-state index >= 15 is 0 Å². The van der Waals surface area contributed by atoms with Crippen molar-refractivity contribution in [3.8, 4) is 0 Å². The molecule has 0 radical (unpaired) electrons. The monoisotopic (exact) mass is 207 g/mol. The van der Waals surface area contributed by atoms with E-state index in [-0.39, 0.29) is 5.56 Å². The molecule has 0 aliphatic carbocycles. The summed E-state index contributed by atoms with van der Waals surface area (Å²) < 4.78 is 1.54. The van der Waals surface area contributed by atoms with Gasteiger partial charge in [-0.25, -0.2) is 4.68 Å². The van der Waals surface area contributed by atoms with Gasteiger partial charge < -0.3 is 5.32 Å². The second-order valence-corrected chi connectivity index (χ2v) is 4.02. The van der Waals surface area contributed by atoms with Crippen molar-refractivity contribution in [2.45, 2.75) is 38.3 Å². The maximum atomic E-state index is 11.3. The van der Waals surface area contributed by atoms with E-state index in [2.05, 4.69) is 10.4 Å². The molecule has 1 saturated heterocycles. The summed E-state index contributed by atoms with van der Waals surface area (Å²) in [5.41, 5.74) is -0.00289. The summed E-state index contributed by atoms with van der Waals surface area (Å²) in [4.78, 5) is 11.3. The Kier molecular flexibility index (Phi) is 3.50. The highest BCUT2D eigenvalue weighted by Gasteiger charge is 2.12. The molecular formula is C11H17N3O. The van der Waals surface area contributed by atoms with Gasteiger partial charge in [-0.3, -0.25) is 4.79 Å². The SMILES string of the molecule is O=c1cccnn1CCCC1CCCN1. The lowest BCUT2D eigenvalue weighted by Gasteiger charge is -2.09. The number of hydrogen-bond donors (Lipinski definition) is 1. The van der Waals surface area contributed by atoms with Crippen LogP contribution in [0.25, 0.3) is 0 Å². The molecule has 15 heavy (non-hydrogen) atoms. The van der Waals surface area contributed by atoms with Gasteiger partial charge in [-0.1, -0.05) is 0 Å². The molecule has 1 N–H and O–H groups in total. The third-order valence-corrected chi connectivity index (χ3v) is 2.87. The van der Waals surface area contributed by atoms with E-state index in [4.69, 9.17) is 0 Å². The normalized spacial score (nSPS) is 20.7. The molecule has 0 amide bonds. The Balaban J connectivity index is 1.78. The molecule has 1 aliphatic heterocycles. The summed E-state index contributed by atoms with van der Waals surface area (Å²) >= 11 is 0. The van der Waals surface area contributed by atoms with Crippen LogP contribution in [0, 0.1) is 0 Å². The predicted molar refractivity (Wildman–Crippen MR) is 58.8 cm³/mol. The zero-order valence-electron chi connectivity index (χ0n) is 8.85. The maximum absolute atomic E-state index is 11.3. The molecule has 0 aromatic carbocycles. The molecule has 4 heteroatoms. The van der Waals surface area contributed by atoms with E-state index in [0.717, 1.165) is 25.9 Å². The first-order valence-corrected chi connectivity index (χ1v) is 5.62. The first-order chi connectivity index (χ1) is 7.36. The maximum Gasteiger partial charge on any atom is 0.266 e. The Bertz CT molecular complexity index is 355. The molecule has 1 unspecified atom stereocenters. The van der Waals surface area contributed by atoms with Gasteiger partial charge in [0.05, 0.1) is 0 Å². The highest BCUT2D eigenvalue weighted by Crippen LogP contribution is 2.10. The summed E-state index contributed by atoms with van der Waals surface area (Å²) in [5.74, 6) is 0. The minimum absolute atomic E-state index is 0.00289. The zero-order chi connectivity index (χ0) is 10.5. The van der Waals surface area contributed by atoms with Crippen LogP contribution >= 0.6 is 0 Å². The molecule has 1 atom stereocenters. The molecule has 1 aromatic rings. The van der Waals surface area contributed by atoms with Gasteiger partial charge in [-0.05, 0) is 38.3 Å². The van der Waals surface area contributed by atoms with Crippen molar-refractivity contribution in [1.29, 1.82) is 0 Å². The molecule has 1 aromatic heterocycles. The molecule has 0 bridgehead atoms. The first kappa shape index (κ1) is 10.4. The van der Waals surface area contributed by atoms with Gasteiger partial charge >= 0.3 is 0 Å². The number of nitrogens with one attached hydrogen (secondary N) is 1. The van der Waals surface area contributed by atoms with E-state index in [1.54, 1.807) is 18.3 Å². The average Bonchev–Trinajstić information content (AvgIpc) is 2.74. The fraction of sp³-hybridized carbons (Fsp3) is 0.636. The second kappa shape index (κ2) is 5.07. The van der Waals surface area contributed by atoms with E-state index in [1.165, 1.54) is 17.5 Å². The Morgan fingerprint density at radius 2 is 2.53 bits per heavy atom. The molecule has 2 rings (SSSR count). The van der Waals surface area contributed by atoms with E-state index < -0.39 is 0 Å². The lowest BCUT2D eigenvalue weighted by Crippen LogP contribution is -2.24. The van der Waals surface area contributed by atoms with Crippen LogP contribution in [-0.4, -0.2) is 22.4 Å². The fourth-order valence-electron chi connectivity index (χ4n) is 2.05.